The van der Waals surface area contributed by atoms with Crippen LogP contribution in [0.15, 0.2) is 24.5 Å². The highest BCUT2D eigenvalue weighted by molar-refractivity contribution is 5.85. The first-order valence-corrected chi connectivity index (χ1v) is 7.84. The molecule has 0 aliphatic carbocycles. The Morgan fingerprint density at radius 3 is 2.88 bits per heavy atom. The summed E-state index contributed by atoms with van der Waals surface area (Å²) in [7, 11) is 0. The molecule has 25 heavy (non-hydrogen) atoms. The zero-order chi connectivity index (χ0) is 17.2. The van der Waals surface area contributed by atoms with Crippen molar-refractivity contribution in [1.82, 2.24) is 30.0 Å². The monoisotopic (exact) mass is 344 g/mol. The van der Waals surface area contributed by atoms with E-state index in [1.54, 1.807) is 4.90 Å². The molecule has 0 unspecified atom stereocenters. The smallest absolute Gasteiger partial charge is 0.244 e. The van der Waals surface area contributed by atoms with Crippen LogP contribution in [0.3, 0.4) is 0 Å². The number of piperazine rings is 1. The molecule has 0 N–H and O–H groups in total. The van der Waals surface area contributed by atoms with E-state index in [-0.39, 0.29) is 31.7 Å². The topological polar surface area (TPSA) is 103 Å². The number of carbonyl (C=O) groups is 2. The highest BCUT2D eigenvalue weighted by Gasteiger charge is 2.27. The van der Waals surface area contributed by atoms with Gasteiger partial charge >= 0.3 is 0 Å². The standard InChI is InChI=1S/C15H16N6O4/c22-14-7-20(15(23)8-21-9-16-17-18-21)4-3-19(14)6-11-1-2-12-13(5-11)25-10-24-12/h1-2,5,9H,3-4,6-8,10H2. The van der Waals surface area contributed by atoms with Crippen LogP contribution in [0, 0.1) is 0 Å². The Labute approximate surface area is 142 Å². The second-order valence-electron chi connectivity index (χ2n) is 5.83. The van der Waals surface area contributed by atoms with Gasteiger partial charge in [-0.1, -0.05) is 6.07 Å². The van der Waals surface area contributed by atoms with E-state index in [1.165, 1.54) is 15.9 Å². The minimum absolute atomic E-state index is 0.0302. The maximum atomic E-state index is 12.4. The summed E-state index contributed by atoms with van der Waals surface area (Å²) in [5.74, 6) is 1.14. The third-order valence-electron chi connectivity index (χ3n) is 4.17. The first kappa shape index (κ1) is 15.4. The molecule has 3 heterocycles. The quantitative estimate of drug-likeness (QED) is 0.720. The second kappa shape index (κ2) is 6.38. The lowest BCUT2D eigenvalue weighted by Crippen LogP contribution is -2.52. The minimum Gasteiger partial charge on any atom is -0.454 e. The van der Waals surface area contributed by atoms with Crippen molar-refractivity contribution in [2.45, 2.75) is 13.1 Å². The second-order valence-corrected chi connectivity index (χ2v) is 5.83. The molecule has 10 nitrogen and oxygen atoms in total. The van der Waals surface area contributed by atoms with E-state index in [0.29, 0.717) is 31.1 Å². The van der Waals surface area contributed by atoms with Gasteiger partial charge in [-0.05, 0) is 28.1 Å². The van der Waals surface area contributed by atoms with Crippen LogP contribution >= 0.6 is 0 Å². The number of benzene rings is 1. The van der Waals surface area contributed by atoms with Crippen LogP contribution in [-0.4, -0.2) is 68.2 Å². The number of rotatable bonds is 4. The van der Waals surface area contributed by atoms with Crippen molar-refractivity contribution in [1.29, 1.82) is 0 Å². The molecular weight excluding hydrogens is 328 g/mol. The molecule has 2 aromatic rings. The molecule has 0 bridgehead atoms. The molecule has 1 fully saturated rings. The van der Waals surface area contributed by atoms with Gasteiger partial charge in [-0.3, -0.25) is 9.59 Å². The summed E-state index contributed by atoms with van der Waals surface area (Å²) in [6.07, 6.45) is 1.37. The predicted octanol–water partition coefficient (Wildman–Crippen LogP) is -0.727. The number of nitrogens with zero attached hydrogens (tertiary/aromatic N) is 6. The van der Waals surface area contributed by atoms with E-state index >= 15 is 0 Å². The van der Waals surface area contributed by atoms with Crippen LogP contribution in [0.25, 0.3) is 0 Å². The number of hydrogen-bond donors (Lipinski definition) is 0. The molecule has 0 atom stereocenters. The first-order valence-electron chi connectivity index (χ1n) is 7.84. The first-order chi connectivity index (χ1) is 12.2. The summed E-state index contributed by atoms with van der Waals surface area (Å²) in [5, 5.41) is 10.6. The Morgan fingerprint density at radius 1 is 1.20 bits per heavy atom. The van der Waals surface area contributed by atoms with Gasteiger partial charge in [0.25, 0.3) is 0 Å². The molecule has 1 aromatic carbocycles. The van der Waals surface area contributed by atoms with Crippen LogP contribution in [0.2, 0.25) is 0 Å². The Hall–Kier alpha value is -3.17. The molecule has 4 rings (SSSR count). The average Bonchev–Trinajstić information content (AvgIpc) is 3.27. The molecule has 130 valence electrons. The van der Waals surface area contributed by atoms with Gasteiger partial charge in [-0.25, -0.2) is 4.68 Å². The third kappa shape index (κ3) is 3.23. The van der Waals surface area contributed by atoms with Gasteiger partial charge in [0.1, 0.15) is 12.9 Å². The van der Waals surface area contributed by atoms with Crippen molar-refractivity contribution >= 4 is 11.8 Å². The molecule has 1 aromatic heterocycles. The number of tetrazole rings is 1. The van der Waals surface area contributed by atoms with Crippen LogP contribution in [-0.2, 0) is 22.7 Å². The summed E-state index contributed by atoms with van der Waals surface area (Å²) in [6.45, 7) is 1.75. The molecular formula is C15H16N6O4. The van der Waals surface area contributed by atoms with E-state index in [9.17, 15) is 9.59 Å². The van der Waals surface area contributed by atoms with Gasteiger partial charge < -0.3 is 19.3 Å². The van der Waals surface area contributed by atoms with Crippen molar-refractivity contribution < 1.29 is 19.1 Å². The lowest BCUT2D eigenvalue weighted by molar-refractivity contribution is -0.146. The SMILES string of the molecule is O=C(Cn1cnnn1)N1CCN(Cc2ccc3c(c2)OCO3)C(=O)C1. The summed E-state index contributed by atoms with van der Waals surface area (Å²) in [5.41, 5.74) is 0.964. The van der Waals surface area contributed by atoms with Crippen molar-refractivity contribution in [3.63, 3.8) is 0 Å². The van der Waals surface area contributed by atoms with E-state index < -0.39 is 0 Å². The Morgan fingerprint density at radius 2 is 2.08 bits per heavy atom. The fourth-order valence-corrected chi connectivity index (χ4v) is 2.84. The fourth-order valence-electron chi connectivity index (χ4n) is 2.84. The number of carbonyl (C=O) groups excluding carboxylic acids is 2. The van der Waals surface area contributed by atoms with Gasteiger partial charge in [0, 0.05) is 19.6 Å². The van der Waals surface area contributed by atoms with E-state index in [2.05, 4.69) is 15.5 Å². The molecule has 1 saturated heterocycles. The lowest BCUT2D eigenvalue weighted by Gasteiger charge is -2.34. The van der Waals surface area contributed by atoms with E-state index in [4.69, 9.17) is 9.47 Å². The van der Waals surface area contributed by atoms with E-state index in [0.717, 1.165) is 5.56 Å². The lowest BCUT2D eigenvalue weighted by atomic mass is 10.1. The van der Waals surface area contributed by atoms with Crippen molar-refractivity contribution in [3.05, 3.63) is 30.1 Å². The van der Waals surface area contributed by atoms with Crippen LogP contribution < -0.4 is 9.47 Å². The molecule has 10 heteroatoms. The van der Waals surface area contributed by atoms with Crippen LogP contribution in [0.1, 0.15) is 5.56 Å². The summed E-state index contributed by atoms with van der Waals surface area (Å²) >= 11 is 0. The number of hydrogen-bond acceptors (Lipinski definition) is 7. The maximum absolute atomic E-state index is 12.4. The van der Waals surface area contributed by atoms with Crippen LogP contribution in [0.5, 0.6) is 11.5 Å². The number of fused-ring (bicyclic) bond motifs is 1. The van der Waals surface area contributed by atoms with Crippen molar-refractivity contribution in [2.75, 3.05) is 26.4 Å². The molecule has 2 aliphatic rings. The van der Waals surface area contributed by atoms with Gasteiger partial charge in [0.15, 0.2) is 11.5 Å². The largest absolute Gasteiger partial charge is 0.454 e. The van der Waals surface area contributed by atoms with Gasteiger partial charge in [-0.15, -0.1) is 5.10 Å². The third-order valence-corrected chi connectivity index (χ3v) is 4.17. The predicted molar refractivity (Wildman–Crippen MR) is 82.4 cm³/mol. The summed E-state index contributed by atoms with van der Waals surface area (Å²) < 4.78 is 12.0. The number of ether oxygens (including phenoxy) is 2. The summed E-state index contributed by atoms with van der Waals surface area (Å²) in [4.78, 5) is 27.9. The fraction of sp³-hybridized carbons (Fsp3) is 0.400. The minimum atomic E-state index is -0.177. The molecule has 0 spiro atoms. The highest BCUT2D eigenvalue weighted by atomic mass is 16.7. The molecule has 2 amide bonds. The van der Waals surface area contributed by atoms with Gasteiger partial charge in [0.05, 0.1) is 6.54 Å². The van der Waals surface area contributed by atoms with Crippen molar-refractivity contribution in [2.24, 2.45) is 0 Å². The zero-order valence-electron chi connectivity index (χ0n) is 13.4. The Kier molecular flexibility index (Phi) is 3.92. The van der Waals surface area contributed by atoms with Crippen LogP contribution in [0.4, 0.5) is 0 Å². The van der Waals surface area contributed by atoms with Gasteiger partial charge in [-0.2, -0.15) is 0 Å². The van der Waals surface area contributed by atoms with E-state index in [1.807, 2.05) is 18.2 Å². The molecule has 0 radical (unpaired) electrons. The number of aromatic nitrogens is 4. The van der Waals surface area contributed by atoms with Crippen molar-refractivity contribution in [3.8, 4) is 11.5 Å². The molecule has 2 aliphatic heterocycles. The molecule has 0 saturated carbocycles. The highest BCUT2D eigenvalue weighted by Crippen LogP contribution is 2.32. The summed E-state index contributed by atoms with van der Waals surface area (Å²) in [6, 6.07) is 5.63. The Bertz CT molecular complexity index is 793. The maximum Gasteiger partial charge on any atom is 0.244 e. The number of amides is 2. The van der Waals surface area contributed by atoms with Gasteiger partial charge in [0.2, 0.25) is 18.6 Å². The zero-order valence-corrected chi connectivity index (χ0v) is 13.4. The average molecular weight is 344 g/mol. The normalized spacial score (nSPS) is 16.4. The Balaban J connectivity index is 1.35.